The Balaban J connectivity index is 1.43. The minimum absolute atomic E-state index is 0.100. The Bertz CT molecular complexity index is 1290. The van der Waals surface area contributed by atoms with Crippen LogP contribution >= 0.6 is 11.3 Å². The highest BCUT2D eigenvalue weighted by Gasteiger charge is 2.36. The number of piperidine rings is 1. The number of carbonyl (C=O) groups excluding carboxylic acids is 4. The molecule has 0 spiro atoms. The lowest BCUT2D eigenvalue weighted by atomic mass is 10.0. The number of benzene rings is 2. The van der Waals surface area contributed by atoms with Crippen molar-refractivity contribution in [1.82, 2.24) is 9.80 Å². The molecule has 1 aromatic heterocycles. The fraction of sp³-hybridized carbons (Fsp3) is 0.259. The first-order valence-corrected chi connectivity index (χ1v) is 12.5. The third-order valence-corrected chi connectivity index (χ3v) is 7.73. The van der Waals surface area contributed by atoms with Gasteiger partial charge in [0.2, 0.25) is 5.91 Å². The third-order valence-electron chi connectivity index (χ3n) is 6.47. The van der Waals surface area contributed by atoms with Gasteiger partial charge in [-0.2, -0.15) is 0 Å². The Morgan fingerprint density at radius 2 is 1.49 bits per heavy atom. The summed E-state index contributed by atoms with van der Waals surface area (Å²) in [5.41, 5.74) is 2.84. The van der Waals surface area contributed by atoms with E-state index in [0.29, 0.717) is 34.8 Å². The summed E-state index contributed by atoms with van der Waals surface area (Å²) in [7, 11) is 0. The minimum atomic E-state index is -0.520. The molecule has 2 aliphatic rings. The summed E-state index contributed by atoms with van der Waals surface area (Å²) >= 11 is 1.34. The number of amides is 4. The molecule has 8 heteroatoms. The molecule has 0 radical (unpaired) electrons. The second kappa shape index (κ2) is 9.46. The molecule has 2 aromatic carbocycles. The molecule has 5 rings (SSSR count). The van der Waals surface area contributed by atoms with Crippen LogP contribution in [0.4, 0.5) is 5.00 Å². The van der Waals surface area contributed by atoms with Crippen molar-refractivity contribution in [2.45, 2.75) is 26.2 Å². The molecule has 178 valence electrons. The van der Waals surface area contributed by atoms with E-state index in [-0.39, 0.29) is 5.91 Å². The van der Waals surface area contributed by atoms with Crippen molar-refractivity contribution >= 4 is 40.0 Å². The fourth-order valence-corrected chi connectivity index (χ4v) is 5.89. The summed E-state index contributed by atoms with van der Waals surface area (Å²) in [5, 5.41) is 3.29. The first-order chi connectivity index (χ1) is 17.0. The van der Waals surface area contributed by atoms with Crippen LogP contribution in [0.2, 0.25) is 0 Å². The Morgan fingerprint density at radius 3 is 2.11 bits per heavy atom. The molecular formula is C27H25N3O4S. The van der Waals surface area contributed by atoms with Crippen molar-refractivity contribution in [2.24, 2.45) is 0 Å². The summed E-state index contributed by atoms with van der Waals surface area (Å²) in [4.78, 5) is 55.6. The predicted molar refractivity (Wildman–Crippen MR) is 135 cm³/mol. The average molecular weight is 488 g/mol. The van der Waals surface area contributed by atoms with Gasteiger partial charge in [0.05, 0.1) is 16.7 Å². The van der Waals surface area contributed by atoms with Gasteiger partial charge in [-0.1, -0.05) is 42.5 Å². The number of anilines is 1. The average Bonchev–Trinajstić information content (AvgIpc) is 3.33. The Hall–Kier alpha value is -3.78. The van der Waals surface area contributed by atoms with E-state index in [1.165, 1.54) is 11.3 Å². The van der Waals surface area contributed by atoms with E-state index in [9.17, 15) is 19.2 Å². The van der Waals surface area contributed by atoms with Gasteiger partial charge in [0.15, 0.2) is 0 Å². The lowest BCUT2D eigenvalue weighted by Crippen LogP contribution is -2.38. The number of nitrogens with one attached hydrogen (secondary N) is 1. The number of fused-ring (bicyclic) bond motifs is 1. The third kappa shape index (κ3) is 4.25. The number of hydrogen-bond donors (Lipinski definition) is 1. The van der Waals surface area contributed by atoms with Gasteiger partial charge < -0.3 is 10.2 Å². The molecule has 0 atom stereocenters. The fourth-order valence-electron chi connectivity index (χ4n) is 4.67. The van der Waals surface area contributed by atoms with Crippen LogP contribution in [0.3, 0.4) is 0 Å². The first-order valence-electron chi connectivity index (χ1n) is 11.7. The van der Waals surface area contributed by atoms with Crippen molar-refractivity contribution in [2.75, 3.05) is 25.0 Å². The number of nitrogens with zero attached hydrogens (tertiary/aromatic N) is 2. The maximum Gasteiger partial charge on any atom is 0.262 e. The van der Waals surface area contributed by atoms with Gasteiger partial charge in [-0.25, -0.2) is 0 Å². The molecule has 3 heterocycles. The lowest BCUT2D eigenvalue weighted by molar-refractivity contribution is -0.116. The van der Waals surface area contributed by atoms with Crippen molar-refractivity contribution in [3.63, 3.8) is 0 Å². The number of hydrogen-bond acceptors (Lipinski definition) is 5. The van der Waals surface area contributed by atoms with E-state index in [1.54, 1.807) is 24.3 Å². The highest BCUT2D eigenvalue weighted by atomic mass is 32.1. The van der Waals surface area contributed by atoms with E-state index >= 15 is 0 Å². The van der Waals surface area contributed by atoms with E-state index in [1.807, 2.05) is 42.2 Å². The Morgan fingerprint density at radius 1 is 0.886 bits per heavy atom. The molecule has 1 N–H and O–H groups in total. The number of imide groups is 1. The standard InChI is InChI=1S/C27H25N3O4S/c1-17-22(27(34)29-14-8-3-9-15-29)24(35-23(17)18-10-4-2-5-11-18)28-21(31)16-30-25(32)19-12-6-7-13-20(19)26(30)33/h2,4-7,10-13H,3,8-9,14-16H2,1H3,(H,28,31). The second-order valence-electron chi connectivity index (χ2n) is 8.77. The highest BCUT2D eigenvalue weighted by Crippen LogP contribution is 2.40. The molecule has 0 aliphatic carbocycles. The zero-order valence-electron chi connectivity index (χ0n) is 19.4. The Labute approximate surface area is 207 Å². The minimum Gasteiger partial charge on any atom is -0.339 e. The molecule has 2 aliphatic heterocycles. The van der Waals surface area contributed by atoms with Crippen molar-refractivity contribution in [3.8, 4) is 10.4 Å². The Kier molecular flexibility index (Phi) is 6.21. The largest absolute Gasteiger partial charge is 0.339 e. The zero-order chi connectivity index (χ0) is 24.5. The normalized spacial score (nSPS) is 15.3. The summed E-state index contributed by atoms with van der Waals surface area (Å²) in [6.45, 7) is 2.87. The number of carbonyl (C=O) groups is 4. The second-order valence-corrected chi connectivity index (χ2v) is 9.79. The van der Waals surface area contributed by atoms with E-state index in [0.717, 1.165) is 40.2 Å². The van der Waals surface area contributed by atoms with Gasteiger partial charge >= 0.3 is 0 Å². The highest BCUT2D eigenvalue weighted by molar-refractivity contribution is 7.20. The maximum absolute atomic E-state index is 13.5. The van der Waals surface area contributed by atoms with Crippen molar-refractivity contribution in [3.05, 3.63) is 76.9 Å². The topological polar surface area (TPSA) is 86.8 Å². The number of rotatable bonds is 5. The van der Waals surface area contributed by atoms with Crippen LogP contribution in [0.1, 0.15) is 55.9 Å². The monoisotopic (exact) mass is 487 g/mol. The van der Waals surface area contributed by atoms with Crippen LogP contribution in [0.15, 0.2) is 54.6 Å². The van der Waals surface area contributed by atoms with Crippen molar-refractivity contribution < 1.29 is 19.2 Å². The van der Waals surface area contributed by atoms with Crippen LogP contribution < -0.4 is 5.32 Å². The van der Waals surface area contributed by atoms with Crippen LogP contribution in [-0.4, -0.2) is 53.1 Å². The smallest absolute Gasteiger partial charge is 0.262 e. The first kappa shape index (κ1) is 23.0. The SMILES string of the molecule is Cc1c(-c2ccccc2)sc(NC(=O)CN2C(=O)c3ccccc3C2=O)c1C(=O)N1CCCCC1. The van der Waals surface area contributed by atoms with Crippen LogP contribution in [0.25, 0.3) is 10.4 Å². The predicted octanol–water partition coefficient (Wildman–Crippen LogP) is 4.58. The number of thiophene rings is 1. The molecule has 0 saturated carbocycles. The molecule has 7 nitrogen and oxygen atoms in total. The van der Waals surface area contributed by atoms with E-state index in [4.69, 9.17) is 0 Å². The molecule has 1 fully saturated rings. The van der Waals surface area contributed by atoms with Gasteiger partial charge in [0.1, 0.15) is 11.5 Å². The molecule has 1 saturated heterocycles. The van der Waals surface area contributed by atoms with Gasteiger partial charge in [-0.3, -0.25) is 24.1 Å². The molecule has 3 aromatic rings. The van der Waals surface area contributed by atoms with E-state index < -0.39 is 24.3 Å². The molecule has 4 amide bonds. The van der Waals surface area contributed by atoms with E-state index in [2.05, 4.69) is 5.32 Å². The summed E-state index contributed by atoms with van der Waals surface area (Å²) in [6, 6.07) is 16.3. The number of likely N-dealkylation sites (tertiary alicyclic amines) is 1. The molecule has 0 unspecified atom stereocenters. The van der Waals surface area contributed by atoms with Gasteiger partial charge in [-0.05, 0) is 49.4 Å². The zero-order valence-corrected chi connectivity index (χ0v) is 20.2. The molecule has 35 heavy (non-hydrogen) atoms. The summed E-state index contributed by atoms with van der Waals surface area (Å²) in [5.74, 6) is -1.60. The van der Waals surface area contributed by atoms with Crippen LogP contribution in [0.5, 0.6) is 0 Å². The maximum atomic E-state index is 13.5. The molecule has 0 bridgehead atoms. The summed E-state index contributed by atoms with van der Waals surface area (Å²) in [6.07, 6.45) is 3.02. The summed E-state index contributed by atoms with van der Waals surface area (Å²) < 4.78 is 0. The van der Waals surface area contributed by atoms with Crippen molar-refractivity contribution in [1.29, 1.82) is 0 Å². The van der Waals surface area contributed by atoms with Gasteiger partial charge in [0, 0.05) is 18.0 Å². The van der Waals surface area contributed by atoms with Crippen LogP contribution in [0, 0.1) is 6.92 Å². The molecular weight excluding hydrogens is 462 g/mol. The van der Waals surface area contributed by atoms with Crippen LogP contribution in [-0.2, 0) is 4.79 Å². The quantitative estimate of drug-likeness (QED) is 0.534. The van der Waals surface area contributed by atoms with Gasteiger partial charge in [-0.15, -0.1) is 11.3 Å². The lowest BCUT2D eigenvalue weighted by Gasteiger charge is -2.27. The van der Waals surface area contributed by atoms with Gasteiger partial charge in [0.25, 0.3) is 17.7 Å².